The smallest absolute Gasteiger partial charge is 0.244 e. The zero-order valence-electron chi connectivity index (χ0n) is 10.8. The molecule has 0 radical (unpaired) electrons. The molecule has 5 nitrogen and oxygen atoms in total. The minimum Gasteiger partial charge on any atom is -0.271 e. The molecule has 0 atom stereocenters. The Kier molecular flexibility index (Phi) is 3.46. The summed E-state index contributed by atoms with van der Waals surface area (Å²) in [6.45, 7) is 3.46. The van der Waals surface area contributed by atoms with Crippen LogP contribution in [0.25, 0.3) is 0 Å². The van der Waals surface area contributed by atoms with Crippen molar-refractivity contribution >= 4 is 21.6 Å². The van der Waals surface area contributed by atoms with Gasteiger partial charge in [0, 0.05) is 18.5 Å². The van der Waals surface area contributed by atoms with Crippen molar-refractivity contribution in [3.05, 3.63) is 11.4 Å². The summed E-state index contributed by atoms with van der Waals surface area (Å²) in [5.74, 6) is 0.310. The van der Waals surface area contributed by atoms with Crippen LogP contribution in [0.2, 0.25) is 0 Å². The van der Waals surface area contributed by atoms with Crippen molar-refractivity contribution in [1.29, 1.82) is 0 Å². The third kappa shape index (κ3) is 2.17. The van der Waals surface area contributed by atoms with Crippen molar-refractivity contribution < 1.29 is 8.42 Å². The number of alkyl halides is 1. The lowest BCUT2D eigenvalue weighted by Gasteiger charge is -2.40. The molecule has 0 aromatic carbocycles. The van der Waals surface area contributed by atoms with Crippen molar-refractivity contribution in [2.45, 2.75) is 43.5 Å². The normalized spacial score (nSPS) is 18.7. The minimum absolute atomic E-state index is 0.279. The molecule has 1 aliphatic rings. The Morgan fingerprint density at radius 2 is 2.06 bits per heavy atom. The van der Waals surface area contributed by atoms with E-state index < -0.39 is 15.6 Å². The van der Waals surface area contributed by atoms with Gasteiger partial charge in [0.25, 0.3) is 0 Å². The summed E-state index contributed by atoms with van der Waals surface area (Å²) >= 11 is 5.89. The van der Waals surface area contributed by atoms with Crippen LogP contribution in [-0.2, 0) is 17.1 Å². The molecule has 1 aromatic rings. The number of aromatic nitrogens is 2. The summed E-state index contributed by atoms with van der Waals surface area (Å²) in [5, 5.41) is 4.14. The lowest BCUT2D eigenvalue weighted by atomic mass is 9.79. The molecule has 1 aromatic heterocycles. The van der Waals surface area contributed by atoms with Gasteiger partial charge in [0.15, 0.2) is 0 Å². The summed E-state index contributed by atoms with van der Waals surface area (Å²) in [7, 11) is -1.81. The highest BCUT2D eigenvalue weighted by Crippen LogP contribution is 2.35. The fourth-order valence-corrected chi connectivity index (χ4v) is 4.66. The molecule has 0 bridgehead atoms. The lowest BCUT2D eigenvalue weighted by molar-refractivity contribution is 0.252. The Morgan fingerprint density at radius 1 is 1.44 bits per heavy atom. The number of hydrogen-bond donors (Lipinski definition) is 1. The van der Waals surface area contributed by atoms with Gasteiger partial charge in [-0.15, -0.1) is 11.6 Å². The zero-order chi connectivity index (χ0) is 13.6. The van der Waals surface area contributed by atoms with E-state index in [0.29, 0.717) is 17.3 Å². The average molecular weight is 292 g/mol. The third-order valence-electron chi connectivity index (χ3n) is 3.63. The molecule has 0 unspecified atom stereocenters. The third-order valence-corrected chi connectivity index (χ3v) is 5.97. The van der Waals surface area contributed by atoms with E-state index >= 15 is 0 Å². The van der Waals surface area contributed by atoms with Gasteiger partial charge < -0.3 is 0 Å². The van der Waals surface area contributed by atoms with E-state index in [4.69, 9.17) is 11.6 Å². The van der Waals surface area contributed by atoms with Crippen molar-refractivity contribution in [2.24, 2.45) is 7.05 Å². The number of rotatable bonds is 4. The molecule has 0 spiro atoms. The van der Waals surface area contributed by atoms with Crippen molar-refractivity contribution in [3.8, 4) is 0 Å². The fraction of sp³-hybridized carbons (Fsp3) is 0.727. The first-order chi connectivity index (χ1) is 8.31. The largest absolute Gasteiger partial charge is 0.271 e. The highest BCUT2D eigenvalue weighted by Gasteiger charge is 2.41. The van der Waals surface area contributed by atoms with Crippen LogP contribution in [0.3, 0.4) is 0 Å². The number of sulfonamides is 1. The molecule has 1 saturated carbocycles. The second-order valence-electron chi connectivity index (χ2n) is 5.00. The molecule has 1 fully saturated rings. The number of nitrogens with one attached hydrogen (secondary N) is 1. The Balaban J connectivity index is 2.37. The topological polar surface area (TPSA) is 64.0 Å². The highest BCUT2D eigenvalue weighted by atomic mass is 35.5. The number of halogens is 1. The summed E-state index contributed by atoms with van der Waals surface area (Å²) in [6, 6.07) is 0. The van der Waals surface area contributed by atoms with E-state index in [2.05, 4.69) is 9.82 Å². The first-order valence-electron chi connectivity index (χ1n) is 5.91. The molecule has 1 heterocycles. The average Bonchev–Trinajstić information content (AvgIpc) is 2.47. The Hall–Kier alpha value is -0.590. The molecule has 1 N–H and O–H groups in total. The van der Waals surface area contributed by atoms with Gasteiger partial charge in [0.05, 0.1) is 11.4 Å². The predicted molar refractivity (Wildman–Crippen MR) is 70.3 cm³/mol. The SMILES string of the molecule is Cc1nn(C)c(C)c1S(=O)(=O)NC1(CCl)CCC1. The molecule has 0 aliphatic heterocycles. The Bertz CT molecular complexity index is 556. The summed E-state index contributed by atoms with van der Waals surface area (Å²) in [5.41, 5.74) is 0.699. The van der Waals surface area contributed by atoms with Gasteiger partial charge in [-0.3, -0.25) is 4.68 Å². The zero-order valence-corrected chi connectivity index (χ0v) is 12.4. The molecular formula is C11H18ClN3O2S. The maximum Gasteiger partial charge on any atom is 0.244 e. The maximum atomic E-state index is 12.4. The van der Waals surface area contributed by atoms with Crippen LogP contribution in [0, 0.1) is 13.8 Å². The van der Waals surface area contributed by atoms with E-state index in [-0.39, 0.29) is 4.90 Å². The number of nitrogens with zero attached hydrogens (tertiary/aromatic N) is 2. The number of hydrogen-bond acceptors (Lipinski definition) is 3. The standard InChI is InChI=1S/C11H18ClN3O2S/c1-8-10(9(2)15(3)13-8)18(16,17)14-11(7-12)5-4-6-11/h14H,4-7H2,1-3H3. The Morgan fingerprint density at radius 3 is 2.39 bits per heavy atom. The summed E-state index contributed by atoms with van der Waals surface area (Å²) in [6.07, 6.45) is 2.61. The van der Waals surface area contributed by atoms with Crippen LogP contribution < -0.4 is 4.72 Å². The molecule has 102 valence electrons. The molecule has 0 amide bonds. The van der Waals surface area contributed by atoms with Crippen LogP contribution in [0.5, 0.6) is 0 Å². The van der Waals surface area contributed by atoms with E-state index in [9.17, 15) is 8.42 Å². The van der Waals surface area contributed by atoms with Gasteiger partial charge in [-0.1, -0.05) is 0 Å². The first-order valence-corrected chi connectivity index (χ1v) is 7.93. The van der Waals surface area contributed by atoms with E-state index in [1.807, 2.05) is 0 Å². The lowest BCUT2D eigenvalue weighted by Crippen LogP contribution is -2.54. The van der Waals surface area contributed by atoms with Crippen LogP contribution in [0.15, 0.2) is 4.90 Å². The van der Waals surface area contributed by atoms with Crippen LogP contribution in [0.4, 0.5) is 0 Å². The van der Waals surface area contributed by atoms with E-state index in [0.717, 1.165) is 19.3 Å². The van der Waals surface area contributed by atoms with Gasteiger partial charge in [-0.2, -0.15) is 5.10 Å². The van der Waals surface area contributed by atoms with Gasteiger partial charge in [0.2, 0.25) is 10.0 Å². The van der Waals surface area contributed by atoms with Crippen molar-refractivity contribution in [3.63, 3.8) is 0 Å². The molecule has 18 heavy (non-hydrogen) atoms. The molecular weight excluding hydrogens is 274 g/mol. The van der Waals surface area contributed by atoms with Gasteiger partial charge in [-0.05, 0) is 33.1 Å². The molecule has 2 rings (SSSR count). The van der Waals surface area contributed by atoms with Crippen LogP contribution >= 0.6 is 11.6 Å². The summed E-state index contributed by atoms with van der Waals surface area (Å²) < 4.78 is 29.2. The highest BCUT2D eigenvalue weighted by molar-refractivity contribution is 7.89. The predicted octanol–water partition coefficient (Wildman–Crippen LogP) is 1.48. The molecule has 7 heteroatoms. The van der Waals surface area contributed by atoms with E-state index in [1.54, 1.807) is 25.6 Å². The quantitative estimate of drug-likeness (QED) is 0.855. The van der Waals surface area contributed by atoms with Crippen LogP contribution in [0.1, 0.15) is 30.7 Å². The van der Waals surface area contributed by atoms with E-state index in [1.165, 1.54) is 0 Å². The van der Waals surface area contributed by atoms with Crippen molar-refractivity contribution in [1.82, 2.24) is 14.5 Å². The van der Waals surface area contributed by atoms with Gasteiger partial charge in [0.1, 0.15) is 4.90 Å². The fourth-order valence-electron chi connectivity index (χ4n) is 2.35. The summed E-state index contributed by atoms with van der Waals surface area (Å²) in [4.78, 5) is 0.279. The second kappa shape index (κ2) is 4.51. The monoisotopic (exact) mass is 291 g/mol. The number of aryl methyl sites for hydroxylation is 2. The second-order valence-corrected chi connectivity index (χ2v) is 6.88. The van der Waals surface area contributed by atoms with Crippen molar-refractivity contribution in [2.75, 3.05) is 5.88 Å². The van der Waals surface area contributed by atoms with Gasteiger partial charge in [-0.25, -0.2) is 13.1 Å². The first kappa shape index (κ1) is 13.8. The van der Waals surface area contributed by atoms with Crippen LogP contribution in [-0.4, -0.2) is 29.6 Å². The minimum atomic E-state index is -3.55. The Labute approximate surface area is 113 Å². The maximum absolute atomic E-state index is 12.4. The molecule has 0 saturated heterocycles. The molecule has 1 aliphatic carbocycles. The van der Waals surface area contributed by atoms with Gasteiger partial charge >= 0.3 is 0 Å².